The molecule has 0 spiro atoms. The number of hydrogen-bond donors (Lipinski definition) is 0. The van der Waals surface area contributed by atoms with E-state index < -0.39 is 0 Å². The molecule has 7 nitrogen and oxygen atoms in total. The molecule has 0 aliphatic carbocycles. The number of aromatic nitrogens is 4. The Balaban J connectivity index is 1.42. The van der Waals surface area contributed by atoms with Crippen molar-refractivity contribution in [3.63, 3.8) is 0 Å². The molecule has 0 radical (unpaired) electrons. The maximum atomic E-state index is 13.0. The first-order chi connectivity index (χ1) is 13.5. The van der Waals surface area contributed by atoms with Crippen LogP contribution in [0.25, 0.3) is 5.69 Å². The van der Waals surface area contributed by atoms with Crippen LogP contribution in [0.5, 0.6) is 0 Å². The summed E-state index contributed by atoms with van der Waals surface area (Å²) in [6.07, 6.45) is 0. The van der Waals surface area contributed by atoms with Gasteiger partial charge in [0.15, 0.2) is 5.69 Å². The van der Waals surface area contributed by atoms with Crippen molar-refractivity contribution in [2.24, 2.45) is 0 Å². The monoisotopic (exact) mass is 416 g/mol. The SMILES string of the molecule is Cc1nc(CN2CCN(C(=O)c3nnn(-c4cccc(Cl)c4)c3C)CC2)cs1. The van der Waals surface area contributed by atoms with Crippen LogP contribution in [-0.2, 0) is 6.54 Å². The second-order valence-corrected chi connectivity index (χ2v) is 8.34. The molecular weight excluding hydrogens is 396 g/mol. The molecule has 0 saturated carbocycles. The van der Waals surface area contributed by atoms with Crippen LogP contribution in [0.3, 0.4) is 0 Å². The van der Waals surface area contributed by atoms with Crippen molar-refractivity contribution in [2.75, 3.05) is 26.2 Å². The van der Waals surface area contributed by atoms with Gasteiger partial charge in [-0.15, -0.1) is 16.4 Å². The molecule has 0 unspecified atom stereocenters. The first-order valence-electron chi connectivity index (χ1n) is 9.12. The van der Waals surface area contributed by atoms with E-state index in [0.717, 1.165) is 36.0 Å². The van der Waals surface area contributed by atoms with Crippen LogP contribution in [0.2, 0.25) is 5.02 Å². The van der Waals surface area contributed by atoms with Gasteiger partial charge in [-0.25, -0.2) is 9.67 Å². The Hall–Kier alpha value is -2.29. The zero-order valence-electron chi connectivity index (χ0n) is 15.8. The summed E-state index contributed by atoms with van der Waals surface area (Å²) in [4.78, 5) is 21.7. The summed E-state index contributed by atoms with van der Waals surface area (Å²) in [6.45, 7) is 7.69. The van der Waals surface area contributed by atoms with Gasteiger partial charge in [0, 0.05) is 43.1 Å². The first-order valence-corrected chi connectivity index (χ1v) is 10.4. The molecule has 4 rings (SSSR count). The minimum absolute atomic E-state index is 0.0741. The van der Waals surface area contributed by atoms with Gasteiger partial charge in [-0.05, 0) is 32.0 Å². The molecule has 3 aromatic rings. The van der Waals surface area contributed by atoms with Crippen LogP contribution in [-0.4, -0.2) is 61.9 Å². The molecule has 0 N–H and O–H groups in total. The van der Waals surface area contributed by atoms with Gasteiger partial charge in [0.25, 0.3) is 5.91 Å². The fourth-order valence-corrected chi connectivity index (χ4v) is 4.14. The smallest absolute Gasteiger partial charge is 0.276 e. The van der Waals surface area contributed by atoms with Gasteiger partial charge in [-0.3, -0.25) is 9.69 Å². The Labute approximate surface area is 172 Å². The standard InChI is InChI=1S/C19H21ClN6OS/c1-13-18(22-23-26(13)17-5-3-4-15(20)10-17)19(27)25-8-6-24(7-9-25)11-16-12-28-14(2)21-16/h3-5,10,12H,6-9,11H2,1-2H3. The average molecular weight is 417 g/mol. The first kappa shape index (κ1) is 19.0. The van der Waals surface area contributed by atoms with Crippen LogP contribution in [0, 0.1) is 13.8 Å². The lowest BCUT2D eigenvalue weighted by molar-refractivity contribution is 0.0620. The highest BCUT2D eigenvalue weighted by molar-refractivity contribution is 7.09. The molecule has 3 heterocycles. The number of nitrogens with zero attached hydrogens (tertiary/aromatic N) is 6. The second-order valence-electron chi connectivity index (χ2n) is 6.84. The fourth-order valence-electron chi connectivity index (χ4n) is 3.35. The zero-order valence-corrected chi connectivity index (χ0v) is 17.4. The Morgan fingerprint density at radius 1 is 1.21 bits per heavy atom. The van der Waals surface area contributed by atoms with E-state index in [0.29, 0.717) is 29.5 Å². The highest BCUT2D eigenvalue weighted by Gasteiger charge is 2.26. The van der Waals surface area contributed by atoms with Crippen molar-refractivity contribution in [2.45, 2.75) is 20.4 Å². The van der Waals surface area contributed by atoms with Gasteiger partial charge in [0.2, 0.25) is 0 Å². The second kappa shape index (κ2) is 7.98. The largest absolute Gasteiger partial charge is 0.335 e. The fraction of sp³-hybridized carbons (Fsp3) is 0.368. The van der Waals surface area contributed by atoms with E-state index in [1.807, 2.05) is 30.9 Å². The third kappa shape index (κ3) is 3.94. The Bertz CT molecular complexity index is 992. The molecule has 0 bridgehead atoms. The van der Waals surface area contributed by atoms with Crippen molar-refractivity contribution < 1.29 is 4.79 Å². The predicted molar refractivity (Wildman–Crippen MR) is 109 cm³/mol. The normalized spacial score (nSPS) is 15.2. The lowest BCUT2D eigenvalue weighted by Crippen LogP contribution is -2.48. The van der Waals surface area contributed by atoms with Crippen molar-refractivity contribution in [1.82, 2.24) is 29.8 Å². The number of carbonyl (C=O) groups excluding carboxylic acids is 1. The van der Waals surface area contributed by atoms with Crippen LogP contribution in [0.15, 0.2) is 29.6 Å². The lowest BCUT2D eigenvalue weighted by Gasteiger charge is -2.34. The van der Waals surface area contributed by atoms with Gasteiger partial charge in [-0.2, -0.15) is 0 Å². The number of piperazine rings is 1. The van der Waals surface area contributed by atoms with Gasteiger partial charge in [0.05, 0.1) is 22.1 Å². The molecule has 2 aromatic heterocycles. The summed E-state index contributed by atoms with van der Waals surface area (Å²) < 4.78 is 1.65. The summed E-state index contributed by atoms with van der Waals surface area (Å²) in [7, 11) is 0. The lowest BCUT2D eigenvalue weighted by atomic mass is 10.2. The third-order valence-electron chi connectivity index (χ3n) is 4.86. The molecule has 1 aromatic carbocycles. The molecule has 0 atom stereocenters. The topological polar surface area (TPSA) is 67.2 Å². The summed E-state index contributed by atoms with van der Waals surface area (Å²) in [6, 6.07) is 7.34. The molecule has 1 amide bonds. The number of benzene rings is 1. The Morgan fingerprint density at radius 3 is 2.68 bits per heavy atom. The molecule has 1 fully saturated rings. The van der Waals surface area contributed by atoms with E-state index in [-0.39, 0.29) is 5.91 Å². The van der Waals surface area contributed by atoms with E-state index >= 15 is 0 Å². The molecular formula is C19H21ClN6OS. The maximum Gasteiger partial charge on any atom is 0.276 e. The maximum absolute atomic E-state index is 13.0. The number of thiazole rings is 1. The minimum Gasteiger partial charge on any atom is -0.335 e. The summed E-state index contributed by atoms with van der Waals surface area (Å²) >= 11 is 7.74. The summed E-state index contributed by atoms with van der Waals surface area (Å²) in [5.41, 5.74) is 3.00. The minimum atomic E-state index is -0.0741. The van der Waals surface area contributed by atoms with Crippen molar-refractivity contribution in [3.8, 4) is 5.69 Å². The van der Waals surface area contributed by atoms with Gasteiger partial charge in [-0.1, -0.05) is 22.9 Å². The molecule has 28 heavy (non-hydrogen) atoms. The van der Waals surface area contributed by atoms with Crippen LogP contribution < -0.4 is 0 Å². The highest BCUT2D eigenvalue weighted by atomic mass is 35.5. The van der Waals surface area contributed by atoms with Crippen molar-refractivity contribution in [1.29, 1.82) is 0 Å². The molecule has 9 heteroatoms. The van der Waals surface area contributed by atoms with E-state index in [4.69, 9.17) is 11.6 Å². The van der Waals surface area contributed by atoms with Crippen molar-refractivity contribution in [3.05, 3.63) is 56.8 Å². The van der Waals surface area contributed by atoms with Crippen LogP contribution >= 0.6 is 22.9 Å². The van der Waals surface area contributed by atoms with E-state index in [1.54, 1.807) is 28.2 Å². The van der Waals surface area contributed by atoms with Crippen LogP contribution in [0.1, 0.15) is 26.9 Å². The predicted octanol–water partition coefficient (Wildman–Crippen LogP) is 2.95. The summed E-state index contributed by atoms with van der Waals surface area (Å²) in [5, 5.41) is 12.1. The molecule has 1 saturated heterocycles. The highest BCUT2D eigenvalue weighted by Crippen LogP contribution is 2.18. The zero-order chi connectivity index (χ0) is 19.7. The summed E-state index contributed by atoms with van der Waals surface area (Å²) in [5.74, 6) is -0.0741. The quantitative estimate of drug-likeness (QED) is 0.654. The molecule has 146 valence electrons. The third-order valence-corrected chi connectivity index (χ3v) is 5.92. The van der Waals surface area contributed by atoms with E-state index in [2.05, 4.69) is 25.6 Å². The number of halogens is 1. The Kier molecular flexibility index (Phi) is 5.43. The van der Waals surface area contributed by atoms with Crippen LogP contribution in [0.4, 0.5) is 0 Å². The molecule has 1 aliphatic rings. The number of carbonyl (C=O) groups is 1. The average Bonchev–Trinajstić information content (AvgIpc) is 3.27. The number of amides is 1. The van der Waals surface area contributed by atoms with Crippen molar-refractivity contribution >= 4 is 28.8 Å². The molecule has 1 aliphatic heterocycles. The van der Waals surface area contributed by atoms with E-state index in [9.17, 15) is 4.79 Å². The number of hydrogen-bond acceptors (Lipinski definition) is 6. The van der Waals surface area contributed by atoms with Gasteiger partial charge < -0.3 is 4.90 Å². The Morgan fingerprint density at radius 2 is 2.00 bits per heavy atom. The number of rotatable bonds is 4. The van der Waals surface area contributed by atoms with E-state index in [1.165, 1.54) is 0 Å². The number of aryl methyl sites for hydroxylation is 1. The van der Waals surface area contributed by atoms with Gasteiger partial charge >= 0.3 is 0 Å². The van der Waals surface area contributed by atoms with Gasteiger partial charge in [0.1, 0.15) is 0 Å².